The zero-order valence-corrected chi connectivity index (χ0v) is 14.0. The molecule has 0 amide bonds. The van der Waals surface area contributed by atoms with E-state index in [-0.39, 0.29) is 5.75 Å². The number of benzene rings is 1. The van der Waals surface area contributed by atoms with E-state index in [4.69, 9.17) is 4.74 Å². The molecule has 1 aromatic carbocycles. The molecule has 23 heavy (non-hydrogen) atoms. The van der Waals surface area contributed by atoms with Gasteiger partial charge in [-0.1, -0.05) is 0 Å². The maximum atomic E-state index is 12.0. The Bertz CT molecular complexity index is 804. The van der Waals surface area contributed by atoms with E-state index in [1.807, 2.05) is 24.3 Å². The molecule has 0 saturated heterocycles. The summed E-state index contributed by atoms with van der Waals surface area (Å²) >= 11 is 0. The molecule has 0 fully saturated rings. The van der Waals surface area contributed by atoms with E-state index in [0.29, 0.717) is 25.3 Å². The number of fused-ring (bicyclic) bond motifs is 1. The van der Waals surface area contributed by atoms with Crippen molar-refractivity contribution in [2.24, 2.45) is 0 Å². The fourth-order valence-corrected chi connectivity index (χ4v) is 3.66. The number of hydrogen-bond acceptors (Lipinski definition) is 5. The van der Waals surface area contributed by atoms with Gasteiger partial charge in [-0.25, -0.2) is 18.4 Å². The van der Waals surface area contributed by atoms with Crippen LogP contribution in [0.3, 0.4) is 0 Å². The summed E-state index contributed by atoms with van der Waals surface area (Å²) in [5, 5.41) is 0. The predicted octanol–water partition coefficient (Wildman–Crippen LogP) is 1.86. The first-order valence-electron chi connectivity index (χ1n) is 7.50. The summed E-state index contributed by atoms with van der Waals surface area (Å²) in [4.78, 5) is 8.99. The van der Waals surface area contributed by atoms with Crippen LogP contribution < -0.4 is 4.74 Å². The summed E-state index contributed by atoms with van der Waals surface area (Å²) in [6, 6.07) is 7.57. The summed E-state index contributed by atoms with van der Waals surface area (Å²) in [6.45, 7) is 2.49. The van der Waals surface area contributed by atoms with Crippen LogP contribution in [0.25, 0.3) is 11.4 Å². The molecule has 1 aliphatic rings. The molecular weight excluding hydrogens is 314 g/mol. The molecule has 0 atom stereocenters. The van der Waals surface area contributed by atoms with Gasteiger partial charge in [0, 0.05) is 36.8 Å². The molecule has 0 unspecified atom stereocenters. The number of hydrogen-bond donors (Lipinski definition) is 0. The average Bonchev–Trinajstić information content (AvgIpc) is 2.61. The molecule has 0 N–H and O–H groups in total. The topological polar surface area (TPSA) is 72.4 Å². The minimum Gasteiger partial charge on any atom is -0.497 e. The Morgan fingerprint density at radius 1 is 1.26 bits per heavy atom. The SMILES string of the molecule is CCS(=O)(=O)N1CCc2nc(-c3ccc(OC)cc3)ncc2C1. The lowest BCUT2D eigenvalue weighted by Crippen LogP contribution is -2.37. The summed E-state index contributed by atoms with van der Waals surface area (Å²) in [6.07, 6.45) is 2.35. The van der Waals surface area contributed by atoms with Gasteiger partial charge in [0.15, 0.2) is 5.82 Å². The second-order valence-corrected chi connectivity index (χ2v) is 7.64. The van der Waals surface area contributed by atoms with Crippen molar-refractivity contribution < 1.29 is 13.2 Å². The lowest BCUT2D eigenvalue weighted by molar-refractivity contribution is 0.388. The van der Waals surface area contributed by atoms with Gasteiger partial charge in [-0.05, 0) is 31.2 Å². The minimum absolute atomic E-state index is 0.118. The van der Waals surface area contributed by atoms with E-state index < -0.39 is 10.0 Å². The number of nitrogens with zero attached hydrogens (tertiary/aromatic N) is 3. The molecule has 2 aromatic rings. The van der Waals surface area contributed by atoms with Crippen molar-refractivity contribution in [3.63, 3.8) is 0 Å². The fraction of sp³-hybridized carbons (Fsp3) is 0.375. The van der Waals surface area contributed by atoms with Crippen LogP contribution >= 0.6 is 0 Å². The largest absolute Gasteiger partial charge is 0.497 e. The molecule has 0 aliphatic carbocycles. The molecule has 1 aromatic heterocycles. The van der Waals surface area contributed by atoms with Crippen molar-refractivity contribution in [2.75, 3.05) is 19.4 Å². The van der Waals surface area contributed by atoms with Gasteiger partial charge in [0.1, 0.15) is 5.75 Å². The first-order chi connectivity index (χ1) is 11.0. The van der Waals surface area contributed by atoms with E-state index in [1.165, 1.54) is 4.31 Å². The van der Waals surface area contributed by atoms with Gasteiger partial charge < -0.3 is 4.74 Å². The van der Waals surface area contributed by atoms with Gasteiger partial charge in [0.25, 0.3) is 0 Å². The summed E-state index contributed by atoms with van der Waals surface area (Å²) in [5.41, 5.74) is 2.72. The lowest BCUT2D eigenvalue weighted by Gasteiger charge is -2.26. The second-order valence-electron chi connectivity index (χ2n) is 5.38. The number of aromatic nitrogens is 2. The maximum Gasteiger partial charge on any atom is 0.214 e. The molecule has 2 heterocycles. The molecule has 0 saturated carbocycles. The highest BCUT2D eigenvalue weighted by molar-refractivity contribution is 7.89. The molecule has 122 valence electrons. The number of rotatable bonds is 4. The first kappa shape index (κ1) is 15.9. The van der Waals surface area contributed by atoms with Crippen molar-refractivity contribution in [2.45, 2.75) is 19.9 Å². The summed E-state index contributed by atoms with van der Waals surface area (Å²) < 4.78 is 30.6. The monoisotopic (exact) mass is 333 g/mol. The third kappa shape index (κ3) is 3.20. The van der Waals surface area contributed by atoms with Crippen molar-refractivity contribution in [1.29, 1.82) is 0 Å². The van der Waals surface area contributed by atoms with Gasteiger partial charge in [-0.2, -0.15) is 4.31 Å². The second kappa shape index (κ2) is 6.25. The standard InChI is InChI=1S/C16H19N3O3S/c1-3-23(20,21)19-9-8-15-13(11-19)10-17-16(18-15)12-4-6-14(22-2)7-5-12/h4-7,10H,3,8-9,11H2,1-2H3. The zero-order chi connectivity index (χ0) is 16.4. The highest BCUT2D eigenvalue weighted by Gasteiger charge is 2.26. The molecule has 3 rings (SSSR count). The highest BCUT2D eigenvalue weighted by atomic mass is 32.2. The predicted molar refractivity (Wildman–Crippen MR) is 87.6 cm³/mol. The quantitative estimate of drug-likeness (QED) is 0.854. The van der Waals surface area contributed by atoms with E-state index in [9.17, 15) is 8.42 Å². The summed E-state index contributed by atoms with van der Waals surface area (Å²) in [5.74, 6) is 1.55. The van der Waals surface area contributed by atoms with Gasteiger partial charge in [0.2, 0.25) is 10.0 Å². The number of methoxy groups -OCH3 is 1. The van der Waals surface area contributed by atoms with E-state index >= 15 is 0 Å². The normalized spacial score (nSPS) is 15.2. The first-order valence-corrected chi connectivity index (χ1v) is 9.11. The van der Waals surface area contributed by atoms with Crippen molar-refractivity contribution in [1.82, 2.24) is 14.3 Å². The van der Waals surface area contributed by atoms with Gasteiger partial charge in [-0.3, -0.25) is 0 Å². The van der Waals surface area contributed by atoms with Crippen LogP contribution in [-0.4, -0.2) is 42.1 Å². The highest BCUT2D eigenvalue weighted by Crippen LogP contribution is 2.24. The Morgan fingerprint density at radius 2 is 2.00 bits per heavy atom. The third-order valence-corrected chi connectivity index (χ3v) is 5.83. The zero-order valence-electron chi connectivity index (χ0n) is 13.2. The van der Waals surface area contributed by atoms with Gasteiger partial charge in [-0.15, -0.1) is 0 Å². The van der Waals surface area contributed by atoms with Crippen LogP contribution in [-0.2, 0) is 23.0 Å². The third-order valence-electron chi connectivity index (χ3n) is 4.01. The molecule has 6 nitrogen and oxygen atoms in total. The van der Waals surface area contributed by atoms with E-state index in [2.05, 4.69) is 9.97 Å². The minimum atomic E-state index is -3.17. The summed E-state index contributed by atoms with van der Waals surface area (Å²) in [7, 11) is -1.54. The molecular formula is C16H19N3O3S. The van der Waals surface area contributed by atoms with Crippen LogP contribution in [0.2, 0.25) is 0 Å². The van der Waals surface area contributed by atoms with Crippen LogP contribution in [0, 0.1) is 0 Å². The number of ether oxygens (including phenoxy) is 1. The maximum absolute atomic E-state index is 12.0. The van der Waals surface area contributed by atoms with Crippen LogP contribution in [0.1, 0.15) is 18.2 Å². The van der Waals surface area contributed by atoms with Crippen LogP contribution in [0.5, 0.6) is 5.75 Å². The van der Waals surface area contributed by atoms with Crippen molar-refractivity contribution in [3.05, 3.63) is 41.7 Å². The Hall–Kier alpha value is -1.99. The van der Waals surface area contributed by atoms with E-state index in [1.54, 1.807) is 20.2 Å². The Labute approximate surface area is 136 Å². The smallest absolute Gasteiger partial charge is 0.214 e. The number of sulfonamides is 1. The van der Waals surface area contributed by atoms with E-state index in [0.717, 1.165) is 22.6 Å². The molecule has 0 radical (unpaired) electrons. The fourth-order valence-electron chi connectivity index (χ4n) is 2.59. The Kier molecular flexibility index (Phi) is 4.32. The van der Waals surface area contributed by atoms with Crippen LogP contribution in [0.4, 0.5) is 0 Å². The molecule has 7 heteroatoms. The van der Waals surface area contributed by atoms with Crippen molar-refractivity contribution in [3.8, 4) is 17.1 Å². The van der Waals surface area contributed by atoms with Crippen LogP contribution in [0.15, 0.2) is 30.5 Å². The lowest BCUT2D eigenvalue weighted by atomic mass is 10.1. The van der Waals surface area contributed by atoms with Crippen molar-refractivity contribution >= 4 is 10.0 Å². The molecule has 0 bridgehead atoms. The Balaban J connectivity index is 1.86. The van der Waals surface area contributed by atoms with Gasteiger partial charge >= 0.3 is 0 Å². The average molecular weight is 333 g/mol. The molecule has 0 spiro atoms. The Morgan fingerprint density at radius 3 is 2.65 bits per heavy atom. The van der Waals surface area contributed by atoms with Gasteiger partial charge in [0.05, 0.1) is 18.6 Å². The molecule has 1 aliphatic heterocycles.